The molecule has 0 amide bonds. The second-order valence-electron chi connectivity index (χ2n) is 4.64. The number of rotatable bonds is 6. The fourth-order valence-electron chi connectivity index (χ4n) is 1.90. The van der Waals surface area contributed by atoms with Gasteiger partial charge in [-0.25, -0.2) is 4.57 Å². The Bertz CT molecular complexity index is 357. The first-order chi connectivity index (χ1) is 9.58. The average Bonchev–Trinajstić information content (AvgIpc) is 2.41. The van der Waals surface area contributed by atoms with Gasteiger partial charge in [0.25, 0.3) is 0 Å². The van der Waals surface area contributed by atoms with Crippen LogP contribution < -0.4 is 0 Å². The van der Waals surface area contributed by atoms with Crippen LogP contribution >= 0.6 is 7.82 Å². The van der Waals surface area contributed by atoms with E-state index in [4.69, 9.17) is 19.6 Å². The number of phosphoric ester groups is 1. The maximum Gasteiger partial charge on any atom is 0.469 e. The molecular formula is C9H19O11P. The first-order valence-electron chi connectivity index (χ1n) is 5.95. The van der Waals surface area contributed by atoms with Crippen molar-refractivity contribution in [3.8, 4) is 0 Å². The summed E-state index contributed by atoms with van der Waals surface area (Å²) in [5.74, 6) is 0. The van der Waals surface area contributed by atoms with Crippen molar-refractivity contribution >= 4 is 7.82 Å². The zero-order valence-electron chi connectivity index (χ0n) is 10.7. The summed E-state index contributed by atoms with van der Waals surface area (Å²) in [4.78, 5) is 17.1. The van der Waals surface area contributed by atoms with E-state index in [-0.39, 0.29) is 0 Å². The van der Waals surface area contributed by atoms with Gasteiger partial charge in [0.05, 0.1) is 13.2 Å². The van der Waals surface area contributed by atoms with Gasteiger partial charge in [-0.2, -0.15) is 0 Å². The molecule has 0 aromatic carbocycles. The van der Waals surface area contributed by atoms with E-state index >= 15 is 0 Å². The first-order valence-corrected chi connectivity index (χ1v) is 7.48. The summed E-state index contributed by atoms with van der Waals surface area (Å²) in [5.41, 5.74) is 0. The third-order valence-corrected chi connectivity index (χ3v) is 3.54. The van der Waals surface area contributed by atoms with E-state index in [1.165, 1.54) is 0 Å². The second-order valence-corrected chi connectivity index (χ2v) is 5.88. The lowest BCUT2D eigenvalue weighted by atomic mass is 9.85. The minimum atomic E-state index is -4.81. The van der Waals surface area contributed by atoms with Crippen LogP contribution in [0.25, 0.3) is 0 Å². The van der Waals surface area contributed by atoms with Crippen LogP contribution in [0.3, 0.4) is 0 Å². The fourth-order valence-corrected chi connectivity index (χ4v) is 2.26. The molecular weight excluding hydrogens is 315 g/mol. The molecule has 8 N–H and O–H groups in total. The number of hydrogen-bond donors (Lipinski definition) is 8. The molecule has 12 heteroatoms. The van der Waals surface area contributed by atoms with E-state index in [1.807, 2.05) is 0 Å². The van der Waals surface area contributed by atoms with Gasteiger partial charge in [0.2, 0.25) is 0 Å². The Hall–Kier alpha value is -0.170. The van der Waals surface area contributed by atoms with Crippen molar-refractivity contribution in [1.29, 1.82) is 0 Å². The number of ether oxygens (including phenoxy) is 1. The van der Waals surface area contributed by atoms with Crippen LogP contribution in [0.4, 0.5) is 0 Å². The van der Waals surface area contributed by atoms with Gasteiger partial charge < -0.3 is 45.2 Å². The molecule has 7 atom stereocenters. The Morgan fingerprint density at radius 2 is 1.33 bits per heavy atom. The number of hydrogen-bond acceptors (Lipinski definition) is 9. The SMILES string of the molecule is O=P(O)(O)OCC(CO)O[C@@H]1[C@@H](O)[C@H](O)[C@@H](O)[C@H](O)[C@@H]1O. The smallest absolute Gasteiger partial charge is 0.394 e. The fraction of sp³-hybridized carbons (Fsp3) is 1.00. The molecule has 21 heavy (non-hydrogen) atoms. The molecule has 1 fully saturated rings. The van der Waals surface area contributed by atoms with Crippen LogP contribution in [-0.2, 0) is 13.8 Å². The summed E-state index contributed by atoms with van der Waals surface area (Å²) in [6.07, 6.45) is -11.9. The molecule has 1 unspecified atom stereocenters. The van der Waals surface area contributed by atoms with Crippen molar-refractivity contribution in [3.05, 3.63) is 0 Å². The zero-order chi connectivity index (χ0) is 16.4. The van der Waals surface area contributed by atoms with Gasteiger partial charge >= 0.3 is 7.82 Å². The molecule has 0 saturated heterocycles. The number of phosphoric acid groups is 1. The first kappa shape index (κ1) is 18.9. The molecule has 11 nitrogen and oxygen atoms in total. The van der Waals surface area contributed by atoms with Crippen LogP contribution in [0.15, 0.2) is 0 Å². The zero-order valence-corrected chi connectivity index (χ0v) is 11.6. The van der Waals surface area contributed by atoms with Crippen molar-refractivity contribution in [3.63, 3.8) is 0 Å². The molecule has 0 spiro atoms. The van der Waals surface area contributed by atoms with Gasteiger partial charge in [0.1, 0.15) is 42.7 Å². The highest BCUT2D eigenvalue weighted by Crippen LogP contribution is 2.36. The lowest BCUT2D eigenvalue weighted by molar-refractivity contribution is -0.248. The highest BCUT2D eigenvalue weighted by Gasteiger charge is 2.49. The number of aliphatic hydroxyl groups is 6. The summed E-state index contributed by atoms with van der Waals surface area (Å²) in [7, 11) is -4.81. The third-order valence-electron chi connectivity index (χ3n) is 3.05. The molecule has 1 saturated carbocycles. The van der Waals surface area contributed by atoms with E-state index in [1.54, 1.807) is 0 Å². The van der Waals surface area contributed by atoms with Crippen LogP contribution in [0.5, 0.6) is 0 Å². The molecule has 1 rings (SSSR count). The molecule has 0 aromatic heterocycles. The molecule has 0 bridgehead atoms. The van der Waals surface area contributed by atoms with Crippen molar-refractivity contribution < 1.29 is 54.3 Å². The molecule has 126 valence electrons. The van der Waals surface area contributed by atoms with Gasteiger partial charge in [0.15, 0.2) is 0 Å². The Morgan fingerprint density at radius 1 is 0.905 bits per heavy atom. The van der Waals surface area contributed by atoms with Crippen molar-refractivity contribution in [2.24, 2.45) is 0 Å². The van der Waals surface area contributed by atoms with Crippen LogP contribution in [0.1, 0.15) is 0 Å². The van der Waals surface area contributed by atoms with E-state index in [0.717, 1.165) is 0 Å². The lowest BCUT2D eigenvalue weighted by Crippen LogP contribution is -2.65. The van der Waals surface area contributed by atoms with Gasteiger partial charge in [0, 0.05) is 0 Å². The topological polar surface area (TPSA) is 197 Å². The highest BCUT2D eigenvalue weighted by molar-refractivity contribution is 7.46. The molecule has 1 aliphatic carbocycles. The van der Waals surface area contributed by atoms with Gasteiger partial charge in [-0.15, -0.1) is 0 Å². The quantitative estimate of drug-likeness (QED) is 0.218. The van der Waals surface area contributed by atoms with Crippen molar-refractivity contribution in [1.82, 2.24) is 0 Å². The molecule has 0 aliphatic heterocycles. The van der Waals surface area contributed by atoms with E-state index in [0.29, 0.717) is 0 Å². The molecule has 0 radical (unpaired) electrons. The largest absolute Gasteiger partial charge is 0.469 e. The van der Waals surface area contributed by atoms with E-state index < -0.39 is 63.8 Å². The van der Waals surface area contributed by atoms with Crippen LogP contribution in [0, 0.1) is 0 Å². The maximum absolute atomic E-state index is 10.5. The molecule has 0 aromatic rings. The van der Waals surface area contributed by atoms with Gasteiger partial charge in [-0.3, -0.25) is 4.52 Å². The van der Waals surface area contributed by atoms with Crippen LogP contribution in [-0.4, -0.2) is 96.4 Å². The summed E-state index contributed by atoms with van der Waals surface area (Å²) in [6.45, 7) is -1.53. The maximum atomic E-state index is 10.5. The predicted molar refractivity (Wildman–Crippen MR) is 63.8 cm³/mol. The Morgan fingerprint density at radius 3 is 1.71 bits per heavy atom. The predicted octanol–water partition coefficient (Wildman–Crippen LogP) is -4.34. The summed E-state index contributed by atoms with van der Waals surface area (Å²) < 4.78 is 19.7. The number of aliphatic hydroxyl groups excluding tert-OH is 6. The Balaban J connectivity index is 2.71. The van der Waals surface area contributed by atoms with Crippen molar-refractivity contribution in [2.75, 3.05) is 13.2 Å². The van der Waals surface area contributed by atoms with Gasteiger partial charge in [-0.1, -0.05) is 0 Å². The molecule has 0 heterocycles. The summed E-state index contributed by atoms with van der Waals surface area (Å²) in [6, 6.07) is 0. The third kappa shape index (κ3) is 4.91. The van der Waals surface area contributed by atoms with Crippen LogP contribution in [0.2, 0.25) is 0 Å². The standard InChI is InChI=1S/C9H19O11P/c10-1-3(2-19-21(16,17)18)20-9-7(14)5(12)4(11)6(13)8(9)15/h3-15H,1-2H2,(H2,16,17,18)/t3?,4-,5-,6+,7-,8-,9-/m0/s1. The lowest BCUT2D eigenvalue weighted by Gasteiger charge is -2.42. The van der Waals surface area contributed by atoms with E-state index in [2.05, 4.69) is 4.52 Å². The second kappa shape index (κ2) is 7.40. The average molecular weight is 334 g/mol. The summed E-state index contributed by atoms with van der Waals surface area (Å²) in [5, 5.41) is 56.7. The van der Waals surface area contributed by atoms with Gasteiger partial charge in [-0.05, 0) is 0 Å². The summed E-state index contributed by atoms with van der Waals surface area (Å²) >= 11 is 0. The van der Waals surface area contributed by atoms with E-state index in [9.17, 15) is 30.1 Å². The minimum absolute atomic E-state index is 0.758. The van der Waals surface area contributed by atoms with Crippen molar-refractivity contribution in [2.45, 2.75) is 42.7 Å². The minimum Gasteiger partial charge on any atom is -0.394 e. The highest BCUT2D eigenvalue weighted by atomic mass is 31.2. The monoisotopic (exact) mass is 334 g/mol. The molecule has 1 aliphatic rings. The normalized spacial score (nSPS) is 39.2. The Kier molecular flexibility index (Phi) is 6.65. The Labute approximate surface area is 119 Å².